The number of rotatable bonds is 4. The SMILES string of the molecule is CNCc1csc(N(C)S(C)(=O)=O)n1. The molecule has 0 aliphatic carbocycles. The summed E-state index contributed by atoms with van der Waals surface area (Å²) in [6.45, 7) is 0.647. The van der Waals surface area contributed by atoms with E-state index in [9.17, 15) is 8.42 Å². The number of nitrogens with one attached hydrogen (secondary N) is 1. The topological polar surface area (TPSA) is 62.3 Å². The average molecular weight is 235 g/mol. The molecule has 0 saturated carbocycles. The van der Waals surface area contributed by atoms with E-state index in [1.54, 1.807) is 0 Å². The van der Waals surface area contributed by atoms with Gasteiger partial charge in [0.05, 0.1) is 11.9 Å². The molecule has 0 bridgehead atoms. The molecule has 7 heteroatoms. The van der Waals surface area contributed by atoms with Gasteiger partial charge in [0.15, 0.2) is 5.13 Å². The molecule has 1 aromatic rings. The molecule has 0 aliphatic heterocycles. The van der Waals surface area contributed by atoms with Gasteiger partial charge in [0.25, 0.3) is 0 Å². The Hall–Kier alpha value is -0.660. The van der Waals surface area contributed by atoms with E-state index >= 15 is 0 Å². The smallest absolute Gasteiger partial charge is 0.233 e. The third-order valence-electron chi connectivity index (χ3n) is 1.66. The van der Waals surface area contributed by atoms with Gasteiger partial charge in [-0.2, -0.15) is 0 Å². The summed E-state index contributed by atoms with van der Waals surface area (Å²) < 4.78 is 23.5. The molecule has 0 radical (unpaired) electrons. The van der Waals surface area contributed by atoms with Gasteiger partial charge in [-0.3, -0.25) is 0 Å². The highest BCUT2D eigenvalue weighted by molar-refractivity contribution is 7.92. The second kappa shape index (κ2) is 4.24. The lowest BCUT2D eigenvalue weighted by molar-refractivity contribution is 0.600. The zero-order chi connectivity index (χ0) is 10.8. The molecule has 14 heavy (non-hydrogen) atoms. The van der Waals surface area contributed by atoms with E-state index in [4.69, 9.17) is 0 Å². The molecule has 1 rings (SSSR count). The second-order valence-electron chi connectivity index (χ2n) is 2.88. The van der Waals surface area contributed by atoms with Crippen molar-refractivity contribution in [2.45, 2.75) is 6.54 Å². The van der Waals surface area contributed by atoms with Crippen molar-refractivity contribution in [2.24, 2.45) is 0 Å². The first-order valence-corrected chi connectivity index (χ1v) is 6.71. The monoisotopic (exact) mass is 235 g/mol. The first kappa shape index (κ1) is 11.4. The molecular formula is C7H13N3O2S2. The van der Waals surface area contributed by atoms with E-state index < -0.39 is 10.0 Å². The van der Waals surface area contributed by atoms with Crippen LogP contribution in [-0.2, 0) is 16.6 Å². The van der Waals surface area contributed by atoms with Crippen LogP contribution in [-0.4, -0.2) is 33.8 Å². The first-order valence-electron chi connectivity index (χ1n) is 3.98. The van der Waals surface area contributed by atoms with Crippen LogP contribution in [0.1, 0.15) is 5.69 Å². The van der Waals surface area contributed by atoms with Crippen molar-refractivity contribution in [1.29, 1.82) is 0 Å². The van der Waals surface area contributed by atoms with Crippen molar-refractivity contribution >= 4 is 26.5 Å². The van der Waals surface area contributed by atoms with E-state index in [-0.39, 0.29) is 0 Å². The van der Waals surface area contributed by atoms with E-state index in [0.717, 1.165) is 11.9 Å². The fourth-order valence-corrected chi connectivity index (χ4v) is 2.40. The highest BCUT2D eigenvalue weighted by Crippen LogP contribution is 2.20. The number of thiazole rings is 1. The number of hydrogen-bond acceptors (Lipinski definition) is 5. The van der Waals surface area contributed by atoms with Gasteiger partial charge in [0.2, 0.25) is 10.0 Å². The minimum absolute atomic E-state index is 0.498. The molecule has 0 unspecified atom stereocenters. The maximum Gasteiger partial charge on any atom is 0.233 e. The zero-order valence-electron chi connectivity index (χ0n) is 8.31. The van der Waals surface area contributed by atoms with Crippen LogP contribution in [0.4, 0.5) is 5.13 Å². The summed E-state index contributed by atoms with van der Waals surface area (Å²) in [6.07, 6.45) is 1.16. The van der Waals surface area contributed by atoms with Crippen molar-refractivity contribution < 1.29 is 8.42 Å². The van der Waals surface area contributed by atoms with E-state index in [2.05, 4.69) is 10.3 Å². The summed E-state index contributed by atoms with van der Waals surface area (Å²) in [6, 6.07) is 0. The van der Waals surface area contributed by atoms with Gasteiger partial charge in [-0.25, -0.2) is 17.7 Å². The summed E-state index contributed by atoms with van der Waals surface area (Å²) in [5, 5.41) is 5.29. The third kappa shape index (κ3) is 2.66. The number of anilines is 1. The Morgan fingerprint density at radius 3 is 2.79 bits per heavy atom. The van der Waals surface area contributed by atoms with Crippen molar-refractivity contribution in [1.82, 2.24) is 10.3 Å². The van der Waals surface area contributed by atoms with Crippen LogP contribution in [0.5, 0.6) is 0 Å². The lowest BCUT2D eigenvalue weighted by Crippen LogP contribution is -2.24. The molecule has 1 N–H and O–H groups in total. The van der Waals surface area contributed by atoms with Crippen LogP contribution in [0, 0.1) is 0 Å². The first-order chi connectivity index (χ1) is 6.45. The normalized spacial score (nSPS) is 11.6. The van der Waals surface area contributed by atoms with Crippen molar-refractivity contribution in [3.8, 4) is 0 Å². The number of nitrogens with zero attached hydrogens (tertiary/aromatic N) is 2. The van der Waals surface area contributed by atoms with Gasteiger partial charge in [-0.1, -0.05) is 0 Å². The molecule has 0 aliphatic rings. The highest BCUT2D eigenvalue weighted by atomic mass is 32.2. The van der Waals surface area contributed by atoms with Gasteiger partial charge in [-0.15, -0.1) is 11.3 Å². The van der Waals surface area contributed by atoms with E-state index in [1.807, 2.05) is 12.4 Å². The average Bonchev–Trinajstić information content (AvgIpc) is 2.50. The predicted octanol–water partition coefficient (Wildman–Crippen LogP) is 0.258. The van der Waals surface area contributed by atoms with Crippen LogP contribution in [0.2, 0.25) is 0 Å². The lowest BCUT2D eigenvalue weighted by Gasteiger charge is -2.11. The van der Waals surface area contributed by atoms with Gasteiger partial charge >= 0.3 is 0 Å². The Labute approximate surface area is 87.8 Å². The summed E-state index contributed by atoms with van der Waals surface area (Å²) in [5.41, 5.74) is 0.850. The summed E-state index contributed by atoms with van der Waals surface area (Å²) >= 11 is 1.32. The molecule has 0 aromatic carbocycles. The zero-order valence-corrected chi connectivity index (χ0v) is 9.94. The molecule has 0 saturated heterocycles. The fraction of sp³-hybridized carbons (Fsp3) is 0.571. The molecular weight excluding hydrogens is 222 g/mol. The summed E-state index contributed by atoms with van der Waals surface area (Å²) in [4.78, 5) is 4.17. The Kier molecular flexibility index (Phi) is 3.46. The largest absolute Gasteiger partial charge is 0.314 e. The molecule has 0 fully saturated rings. The minimum atomic E-state index is -3.20. The third-order valence-corrected chi connectivity index (χ3v) is 3.91. The lowest BCUT2D eigenvalue weighted by atomic mass is 10.5. The molecule has 1 heterocycles. The predicted molar refractivity (Wildman–Crippen MR) is 58.1 cm³/mol. The Morgan fingerprint density at radius 1 is 1.64 bits per heavy atom. The summed E-state index contributed by atoms with van der Waals surface area (Å²) in [5.74, 6) is 0. The van der Waals surface area contributed by atoms with Crippen LogP contribution in [0.25, 0.3) is 0 Å². The van der Waals surface area contributed by atoms with E-state index in [0.29, 0.717) is 11.7 Å². The summed E-state index contributed by atoms with van der Waals surface area (Å²) in [7, 11) is 0.119. The maximum atomic E-state index is 11.2. The van der Waals surface area contributed by atoms with E-state index in [1.165, 1.54) is 22.7 Å². The van der Waals surface area contributed by atoms with Crippen LogP contribution in [0.3, 0.4) is 0 Å². The molecule has 0 spiro atoms. The molecule has 1 aromatic heterocycles. The van der Waals surface area contributed by atoms with Crippen molar-refractivity contribution in [3.63, 3.8) is 0 Å². The minimum Gasteiger partial charge on any atom is -0.314 e. The number of aromatic nitrogens is 1. The van der Waals surface area contributed by atoms with Crippen LogP contribution >= 0.6 is 11.3 Å². The maximum absolute atomic E-state index is 11.2. The Morgan fingerprint density at radius 2 is 2.29 bits per heavy atom. The highest BCUT2D eigenvalue weighted by Gasteiger charge is 2.15. The van der Waals surface area contributed by atoms with Crippen LogP contribution in [0.15, 0.2) is 5.38 Å². The van der Waals surface area contributed by atoms with Crippen molar-refractivity contribution in [3.05, 3.63) is 11.1 Å². The van der Waals surface area contributed by atoms with Gasteiger partial charge in [-0.05, 0) is 7.05 Å². The quantitative estimate of drug-likeness (QED) is 0.813. The molecule has 80 valence electrons. The van der Waals surface area contributed by atoms with Gasteiger partial charge in [0, 0.05) is 19.0 Å². The van der Waals surface area contributed by atoms with Gasteiger partial charge in [0.1, 0.15) is 0 Å². The Balaban J connectivity index is 2.87. The van der Waals surface area contributed by atoms with Gasteiger partial charge < -0.3 is 5.32 Å². The molecule has 0 amide bonds. The Bertz CT molecular complexity index is 399. The van der Waals surface area contributed by atoms with Crippen LogP contribution < -0.4 is 9.62 Å². The molecule has 0 atom stereocenters. The standard InChI is InChI=1S/C7H13N3O2S2/c1-8-4-6-5-13-7(9-6)10(2)14(3,11)12/h5,8H,4H2,1-3H3. The van der Waals surface area contributed by atoms with Crippen molar-refractivity contribution in [2.75, 3.05) is 24.7 Å². The second-order valence-corrected chi connectivity index (χ2v) is 5.73. The number of sulfonamides is 1. The fourth-order valence-electron chi connectivity index (χ4n) is 0.845. The molecule has 5 nitrogen and oxygen atoms in total. The number of hydrogen-bond donors (Lipinski definition) is 1.